The van der Waals surface area contributed by atoms with Gasteiger partial charge in [0.25, 0.3) is 0 Å². The first-order chi connectivity index (χ1) is 8.58. The van der Waals surface area contributed by atoms with Crippen LogP contribution in [0.5, 0.6) is 0 Å². The van der Waals surface area contributed by atoms with Crippen molar-refractivity contribution in [1.29, 1.82) is 0 Å². The molecule has 4 heteroatoms. The number of alkyl carbamates (subject to hydrolysis) is 1. The predicted octanol–water partition coefficient (Wildman–Crippen LogP) is 3.61. The molecule has 2 atom stereocenters. The van der Waals surface area contributed by atoms with E-state index in [4.69, 9.17) is 4.74 Å². The zero-order valence-electron chi connectivity index (χ0n) is 10.7. The van der Waals surface area contributed by atoms with Gasteiger partial charge in [0.15, 0.2) is 0 Å². The van der Waals surface area contributed by atoms with E-state index in [1.165, 1.54) is 11.1 Å². The van der Waals surface area contributed by atoms with E-state index in [1.54, 1.807) is 0 Å². The molecule has 0 saturated carbocycles. The van der Waals surface area contributed by atoms with Crippen LogP contribution in [0.3, 0.4) is 0 Å². The molecule has 1 amide bonds. The van der Waals surface area contributed by atoms with E-state index in [2.05, 4.69) is 46.1 Å². The zero-order chi connectivity index (χ0) is 13.1. The molecule has 0 aliphatic heterocycles. The number of alkyl halides is 1. The van der Waals surface area contributed by atoms with Crippen LogP contribution in [0.25, 0.3) is 0 Å². The standard InChI is InChI=1S/C14H18INO2/c1-9(2)18-14(17)16-13-11-6-4-3-5-10(11)7-8-12(13)15/h3-6,9,12-13H,7-8H2,1-2H3,(H,16,17). The monoisotopic (exact) mass is 359 g/mol. The highest BCUT2D eigenvalue weighted by Gasteiger charge is 2.29. The summed E-state index contributed by atoms with van der Waals surface area (Å²) in [5, 5.41) is 2.99. The lowest BCUT2D eigenvalue weighted by Crippen LogP contribution is -2.38. The first-order valence-electron chi connectivity index (χ1n) is 6.27. The second-order valence-corrected chi connectivity index (χ2v) is 6.43. The minimum Gasteiger partial charge on any atom is -0.447 e. The highest BCUT2D eigenvalue weighted by atomic mass is 127. The average molecular weight is 359 g/mol. The van der Waals surface area contributed by atoms with Gasteiger partial charge in [-0.3, -0.25) is 0 Å². The third-order valence-electron chi connectivity index (χ3n) is 3.06. The van der Waals surface area contributed by atoms with Crippen molar-refractivity contribution in [2.24, 2.45) is 0 Å². The molecule has 1 aromatic rings. The predicted molar refractivity (Wildman–Crippen MR) is 80.1 cm³/mol. The Hall–Kier alpha value is -0.780. The number of fused-ring (bicyclic) bond motifs is 1. The van der Waals surface area contributed by atoms with Crippen LogP contribution in [-0.4, -0.2) is 16.1 Å². The van der Waals surface area contributed by atoms with Crippen LogP contribution < -0.4 is 5.32 Å². The van der Waals surface area contributed by atoms with E-state index in [-0.39, 0.29) is 18.2 Å². The van der Waals surface area contributed by atoms with Gasteiger partial charge in [-0.1, -0.05) is 46.9 Å². The summed E-state index contributed by atoms with van der Waals surface area (Å²) < 4.78 is 5.58. The molecule has 0 heterocycles. The minimum absolute atomic E-state index is 0.0572. The van der Waals surface area contributed by atoms with E-state index in [1.807, 2.05) is 19.9 Å². The number of carbonyl (C=O) groups is 1. The van der Waals surface area contributed by atoms with E-state index in [0.717, 1.165) is 12.8 Å². The first kappa shape index (κ1) is 13.6. The zero-order valence-corrected chi connectivity index (χ0v) is 12.8. The molecule has 0 aromatic heterocycles. The molecule has 18 heavy (non-hydrogen) atoms. The van der Waals surface area contributed by atoms with Gasteiger partial charge in [0, 0.05) is 3.92 Å². The maximum atomic E-state index is 11.7. The maximum absolute atomic E-state index is 11.7. The summed E-state index contributed by atoms with van der Waals surface area (Å²) in [5.74, 6) is 0. The number of amides is 1. The Morgan fingerprint density at radius 1 is 1.44 bits per heavy atom. The SMILES string of the molecule is CC(C)OC(=O)NC1c2ccccc2CCC1I. The molecule has 1 aromatic carbocycles. The number of nitrogens with one attached hydrogen (secondary N) is 1. The van der Waals surface area contributed by atoms with Crippen LogP contribution in [0.2, 0.25) is 0 Å². The molecule has 98 valence electrons. The van der Waals surface area contributed by atoms with Crippen LogP contribution in [0, 0.1) is 0 Å². The van der Waals surface area contributed by atoms with Crippen molar-refractivity contribution in [1.82, 2.24) is 5.32 Å². The molecule has 0 bridgehead atoms. The molecule has 3 nitrogen and oxygen atoms in total. The average Bonchev–Trinajstić information content (AvgIpc) is 2.32. The summed E-state index contributed by atoms with van der Waals surface area (Å²) in [6, 6.07) is 8.37. The second kappa shape index (κ2) is 5.91. The summed E-state index contributed by atoms with van der Waals surface area (Å²) in [5.41, 5.74) is 2.56. The van der Waals surface area contributed by atoms with Crippen LogP contribution in [0.1, 0.15) is 37.4 Å². The number of hydrogen-bond acceptors (Lipinski definition) is 2. The normalized spacial score (nSPS) is 22.4. The fraction of sp³-hybridized carbons (Fsp3) is 0.500. The highest BCUT2D eigenvalue weighted by Crippen LogP contribution is 2.34. The summed E-state index contributed by atoms with van der Waals surface area (Å²) >= 11 is 2.41. The molecule has 0 saturated heterocycles. The Morgan fingerprint density at radius 3 is 2.89 bits per heavy atom. The molecule has 1 aliphatic carbocycles. The summed E-state index contributed by atoms with van der Waals surface area (Å²) in [6.07, 6.45) is 1.76. The lowest BCUT2D eigenvalue weighted by Gasteiger charge is -2.30. The van der Waals surface area contributed by atoms with Crippen molar-refractivity contribution in [2.45, 2.75) is 42.8 Å². The van der Waals surface area contributed by atoms with Crippen LogP contribution >= 0.6 is 22.6 Å². The first-order valence-corrected chi connectivity index (χ1v) is 7.51. The molecule has 2 unspecified atom stereocenters. The van der Waals surface area contributed by atoms with Gasteiger partial charge in [0.05, 0.1) is 12.1 Å². The lowest BCUT2D eigenvalue weighted by molar-refractivity contribution is 0.111. The fourth-order valence-electron chi connectivity index (χ4n) is 2.26. The van der Waals surface area contributed by atoms with Crippen LogP contribution in [0.4, 0.5) is 4.79 Å². The van der Waals surface area contributed by atoms with Crippen molar-refractivity contribution < 1.29 is 9.53 Å². The number of aryl methyl sites for hydroxylation is 1. The molecule has 2 rings (SSSR count). The fourth-order valence-corrected chi connectivity index (χ4v) is 3.14. The largest absolute Gasteiger partial charge is 0.447 e. The molecule has 0 radical (unpaired) electrons. The summed E-state index contributed by atoms with van der Waals surface area (Å²) in [4.78, 5) is 11.7. The maximum Gasteiger partial charge on any atom is 0.407 e. The number of carbonyl (C=O) groups excluding carboxylic acids is 1. The smallest absolute Gasteiger partial charge is 0.407 e. The molecule has 1 N–H and O–H groups in total. The van der Waals surface area contributed by atoms with Gasteiger partial charge in [-0.2, -0.15) is 0 Å². The molecular formula is C14H18INO2. The number of hydrogen-bond donors (Lipinski definition) is 1. The van der Waals surface area contributed by atoms with Gasteiger partial charge >= 0.3 is 6.09 Å². The Morgan fingerprint density at radius 2 is 2.17 bits per heavy atom. The Kier molecular flexibility index (Phi) is 4.48. The number of ether oxygens (including phenoxy) is 1. The van der Waals surface area contributed by atoms with Gasteiger partial charge in [0.2, 0.25) is 0 Å². The minimum atomic E-state index is -0.326. The van der Waals surface area contributed by atoms with E-state index < -0.39 is 0 Å². The molecular weight excluding hydrogens is 341 g/mol. The highest BCUT2D eigenvalue weighted by molar-refractivity contribution is 14.1. The Balaban J connectivity index is 2.14. The van der Waals surface area contributed by atoms with Gasteiger partial charge in [0.1, 0.15) is 0 Å². The van der Waals surface area contributed by atoms with Crippen molar-refractivity contribution in [3.63, 3.8) is 0 Å². The molecule has 1 aliphatic rings. The number of halogens is 1. The van der Waals surface area contributed by atoms with E-state index >= 15 is 0 Å². The quantitative estimate of drug-likeness (QED) is 0.647. The lowest BCUT2D eigenvalue weighted by atomic mass is 9.88. The molecule has 0 spiro atoms. The van der Waals surface area contributed by atoms with Gasteiger partial charge in [-0.25, -0.2) is 4.79 Å². The topological polar surface area (TPSA) is 38.3 Å². The molecule has 0 fully saturated rings. The Labute approximate surface area is 121 Å². The Bertz CT molecular complexity index is 434. The third kappa shape index (κ3) is 3.16. The number of rotatable bonds is 2. The van der Waals surface area contributed by atoms with Crippen molar-refractivity contribution >= 4 is 28.7 Å². The van der Waals surface area contributed by atoms with E-state index in [9.17, 15) is 4.79 Å². The van der Waals surface area contributed by atoms with Crippen molar-refractivity contribution in [3.05, 3.63) is 35.4 Å². The van der Waals surface area contributed by atoms with Crippen LogP contribution in [-0.2, 0) is 11.2 Å². The van der Waals surface area contributed by atoms with Crippen molar-refractivity contribution in [3.8, 4) is 0 Å². The third-order valence-corrected chi connectivity index (χ3v) is 4.40. The van der Waals surface area contributed by atoms with Gasteiger partial charge in [-0.05, 0) is 37.8 Å². The summed E-state index contributed by atoms with van der Waals surface area (Å²) in [6.45, 7) is 3.71. The summed E-state index contributed by atoms with van der Waals surface area (Å²) in [7, 11) is 0. The van der Waals surface area contributed by atoms with Gasteiger partial charge in [-0.15, -0.1) is 0 Å². The number of benzene rings is 1. The van der Waals surface area contributed by atoms with Crippen LogP contribution in [0.15, 0.2) is 24.3 Å². The van der Waals surface area contributed by atoms with E-state index in [0.29, 0.717) is 3.92 Å². The second-order valence-electron chi connectivity index (χ2n) is 4.83. The van der Waals surface area contributed by atoms with Gasteiger partial charge < -0.3 is 10.1 Å². The van der Waals surface area contributed by atoms with Crippen molar-refractivity contribution in [2.75, 3.05) is 0 Å².